The van der Waals surface area contributed by atoms with Crippen LogP contribution in [0.2, 0.25) is 10.0 Å². The monoisotopic (exact) mass is 371 g/mol. The molecule has 126 valence electrons. The number of carbonyl (C=O) groups is 2. The van der Waals surface area contributed by atoms with E-state index in [0.29, 0.717) is 33.6 Å². The molecule has 0 unspecified atom stereocenters. The standard InChI is InChI=1S/C9H7Cl2N5.C4H4O4/c10-4-1-2-6(11)5(3-4)7-14-8(12)16-9(13)15-7;5-3(6)1-2-4(7)8/h1-3H,(H4,12,13,14,15,16);1-2H,(H,5,6)(H,7,8). The molecule has 0 bridgehead atoms. The Morgan fingerprint density at radius 3 is 1.92 bits per heavy atom. The van der Waals surface area contributed by atoms with Gasteiger partial charge in [-0.2, -0.15) is 15.0 Å². The van der Waals surface area contributed by atoms with E-state index in [4.69, 9.17) is 44.9 Å². The molecular weight excluding hydrogens is 361 g/mol. The van der Waals surface area contributed by atoms with Crippen LogP contribution in [0.4, 0.5) is 11.9 Å². The van der Waals surface area contributed by atoms with Crippen LogP contribution in [-0.4, -0.2) is 37.1 Å². The lowest BCUT2D eigenvalue weighted by molar-refractivity contribution is -0.134. The number of aliphatic carboxylic acids is 2. The summed E-state index contributed by atoms with van der Waals surface area (Å²) in [5.41, 5.74) is 11.5. The fraction of sp³-hybridized carbons (Fsp3) is 0. The van der Waals surface area contributed by atoms with Crippen LogP contribution in [0.25, 0.3) is 11.4 Å². The van der Waals surface area contributed by atoms with Gasteiger partial charge in [0.2, 0.25) is 11.9 Å². The van der Waals surface area contributed by atoms with Crippen LogP contribution in [0.15, 0.2) is 30.4 Å². The maximum absolute atomic E-state index is 9.55. The topological polar surface area (TPSA) is 165 Å². The molecule has 0 saturated heterocycles. The molecule has 1 aromatic carbocycles. The number of carboxylic acid groups (broad SMARTS) is 2. The Bertz CT molecular complexity index is 762. The predicted octanol–water partition coefficient (Wildman–Crippen LogP) is 1.72. The van der Waals surface area contributed by atoms with Crippen LogP contribution in [0.3, 0.4) is 0 Å². The predicted molar refractivity (Wildman–Crippen MR) is 88.5 cm³/mol. The minimum Gasteiger partial charge on any atom is -0.478 e. The number of nitrogens with two attached hydrogens (primary N) is 2. The van der Waals surface area contributed by atoms with E-state index in [-0.39, 0.29) is 11.9 Å². The lowest BCUT2D eigenvalue weighted by atomic mass is 10.2. The van der Waals surface area contributed by atoms with E-state index < -0.39 is 11.9 Å². The molecule has 0 aliphatic carbocycles. The first-order valence-corrected chi connectivity index (χ1v) is 6.81. The summed E-state index contributed by atoms with van der Waals surface area (Å²) in [5, 5.41) is 16.6. The van der Waals surface area contributed by atoms with Crippen molar-refractivity contribution in [1.29, 1.82) is 0 Å². The Hall–Kier alpha value is -2.91. The van der Waals surface area contributed by atoms with Gasteiger partial charge in [-0.15, -0.1) is 0 Å². The number of nitrogen functional groups attached to an aromatic ring is 2. The first-order valence-electron chi connectivity index (χ1n) is 6.05. The average molecular weight is 372 g/mol. The number of aromatic nitrogens is 3. The van der Waals surface area contributed by atoms with Crippen LogP contribution in [0.5, 0.6) is 0 Å². The van der Waals surface area contributed by atoms with Gasteiger partial charge < -0.3 is 21.7 Å². The van der Waals surface area contributed by atoms with Crippen LogP contribution in [0, 0.1) is 0 Å². The number of hydrogen-bond acceptors (Lipinski definition) is 7. The minimum atomic E-state index is -1.26. The normalized spacial score (nSPS) is 10.1. The Balaban J connectivity index is 0.000000307. The first kappa shape index (κ1) is 19.1. The summed E-state index contributed by atoms with van der Waals surface area (Å²) in [6.07, 6.45) is 1.12. The van der Waals surface area contributed by atoms with Crippen LogP contribution in [-0.2, 0) is 9.59 Å². The molecule has 0 amide bonds. The van der Waals surface area contributed by atoms with Crippen LogP contribution < -0.4 is 11.5 Å². The lowest BCUT2D eigenvalue weighted by Crippen LogP contribution is -2.04. The van der Waals surface area contributed by atoms with E-state index in [9.17, 15) is 9.59 Å². The fourth-order valence-electron chi connectivity index (χ4n) is 1.34. The highest BCUT2D eigenvalue weighted by Crippen LogP contribution is 2.28. The molecule has 0 radical (unpaired) electrons. The second-order valence-electron chi connectivity index (χ2n) is 4.01. The van der Waals surface area contributed by atoms with Gasteiger partial charge in [-0.3, -0.25) is 0 Å². The second-order valence-corrected chi connectivity index (χ2v) is 4.85. The molecule has 0 saturated carbocycles. The minimum absolute atomic E-state index is 0.0403. The van der Waals surface area contributed by atoms with Gasteiger partial charge in [-0.05, 0) is 18.2 Å². The molecule has 9 nitrogen and oxygen atoms in total. The van der Waals surface area contributed by atoms with Gasteiger partial charge in [0.25, 0.3) is 0 Å². The molecule has 24 heavy (non-hydrogen) atoms. The van der Waals surface area contributed by atoms with Gasteiger partial charge in [0.15, 0.2) is 5.82 Å². The fourth-order valence-corrected chi connectivity index (χ4v) is 1.72. The van der Waals surface area contributed by atoms with Gasteiger partial charge in [0.05, 0.1) is 5.02 Å². The molecule has 2 aromatic rings. The molecular formula is C13H11Cl2N5O4. The molecule has 0 aliphatic rings. The van der Waals surface area contributed by atoms with Gasteiger partial charge in [0.1, 0.15) is 0 Å². The van der Waals surface area contributed by atoms with Gasteiger partial charge >= 0.3 is 11.9 Å². The van der Waals surface area contributed by atoms with Crippen molar-refractivity contribution in [2.45, 2.75) is 0 Å². The summed E-state index contributed by atoms with van der Waals surface area (Å²) in [5.74, 6) is -2.13. The van der Waals surface area contributed by atoms with Crippen molar-refractivity contribution in [2.75, 3.05) is 11.5 Å². The molecule has 6 N–H and O–H groups in total. The Labute approximate surface area is 145 Å². The van der Waals surface area contributed by atoms with E-state index in [1.165, 1.54) is 0 Å². The lowest BCUT2D eigenvalue weighted by Gasteiger charge is -2.04. The van der Waals surface area contributed by atoms with Gasteiger partial charge in [0, 0.05) is 22.7 Å². The Morgan fingerprint density at radius 2 is 1.46 bits per heavy atom. The van der Waals surface area contributed by atoms with Crippen molar-refractivity contribution in [3.05, 3.63) is 40.4 Å². The van der Waals surface area contributed by atoms with Crippen molar-refractivity contribution in [3.8, 4) is 11.4 Å². The summed E-state index contributed by atoms with van der Waals surface area (Å²) in [4.78, 5) is 30.7. The molecule has 1 aromatic heterocycles. The average Bonchev–Trinajstić information content (AvgIpc) is 2.47. The van der Waals surface area contributed by atoms with E-state index in [1.807, 2.05) is 0 Å². The third kappa shape index (κ3) is 6.46. The Kier molecular flexibility index (Phi) is 6.90. The van der Waals surface area contributed by atoms with Crippen molar-refractivity contribution in [2.24, 2.45) is 0 Å². The Morgan fingerprint density at radius 1 is 0.958 bits per heavy atom. The summed E-state index contributed by atoms with van der Waals surface area (Å²) in [7, 11) is 0. The molecule has 2 rings (SSSR count). The first-order chi connectivity index (χ1) is 11.2. The number of carboxylic acids is 2. The number of hydrogen-bond donors (Lipinski definition) is 4. The zero-order valence-corrected chi connectivity index (χ0v) is 13.4. The largest absolute Gasteiger partial charge is 0.478 e. The van der Waals surface area contributed by atoms with Crippen LogP contribution in [0.1, 0.15) is 0 Å². The number of benzene rings is 1. The third-order valence-corrected chi connectivity index (χ3v) is 2.77. The third-order valence-electron chi connectivity index (χ3n) is 2.21. The van der Waals surface area contributed by atoms with E-state index in [2.05, 4.69) is 15.0 Å². The SMILES string of the molecule is Nc1nc(N)nc(-c2cc(Cl)ccc2Cl)n1.O=C(O)C=CC(=O)O. The van der Waals surface area contributed by atoms with Gasteiger partial charge in [-0.25, -0.2) is 9.59 Å². The van der Waals surface area contributed by atoms with E-state index in [0.717, 1.165) is 0 Å². The highest BCUT2D eigenvalue weighted by Gasteiger charge is 2.09. The molecule has 0 fully saturated rings. The van der Waals surface area contributed by atoms with Crippen molar-refractivity contribution in [3.63, 3.8) is 0 Å². The highest BCUT2D eigenvalue weighted by atomic mass is 35.5. The number of halogens is 2. The molecule has 0 atom stereocenters. The summed E-state index contributed by atoms with van der Waals surface area (Å²) < 4.78 is 0. The maximum Gasteiger partial charge on any atom is 0.328 e. The number of rotatable bonds is 3. The van der Waals surface area contributed by atoms with Crippen LogP contribution >= 0.6 is 23.2 Å². The molecule has 1 heterocycles. The molecule has 0 spiro atoms. The second kappa shape index (κ2) is 8.65. The highest BCUT2D eigenvalue weighted by molar-refractivity contribution is 6.35. The van der Waals surface area contributed by atoms with E-state index >= 15 is 0 Å². The number of nitrogens with zero attached hydrogens (tertiary/aromatic N) is 3. The molecule has 0 aliphatic heterocycles. The van der Waals surface area contributed by atoms with E-state index in [1.54, 1.807) is 18.2 Å². The number of anilines is 2. The quantitative estimate of drug-likeness (QED) is 0.587. The summed E-state index contributed by atoms with van der Waals surface area (Å²) >= 11 is 11.8. The van der Waals surface area contributed by atoms with Crippen molar-refractivity contribution >= 4 is 47.0 Å². The maximum atomic E-state index is 9.55. The summed E-state index contributed by atoms with van der Waals surface area (Å²) in [6, 6.07) is 4.95. The summed E-state index contributed by atoms with van der Waals surface area (Å²) in [6.45, 7) is 0. The zero-order valence-electron chi connectivity index (χ0n) is 11.8. The van der Waals surface area contributed by atoms with Gasteiger partial charge in [-0.1, -0.05) is 23.2 Å². The smallest absolute Gasteiger partial charge is 0.328 e. The molecule has 11 heteroatoms. The van der Waals surface area contributed by atoms with Crippen molar-refractivity contribution in [1.82, 2.24) is 15.0 Å². The zero-order chi connectivity index (χ0) is 18.3. The van der Waals surface area contributed by atoms with Crippen molar-refractivity contribution < 1.29 is 19.8 Å².